The first-order valence-electron chi connectivity index (χ1n) is 8.04. The largest absolute Gasteiger partial charge is 0.495 e. The van der Waals surface area contributed by atoms with Gasteiger partial charge in [0.15, 0.2) is 5.11 Å². The number of halogens is 1. The molecule has 0 aliphatic heterocycles. The molecule has 26 heavy (non-hydrogen) atoms. The van der Waals surface area contributed by atoms with Crippen LogP contribution >= 0.6 is 23.8 Å². The Hall–Kier alpha value is -2.57. The van der Waals surface area contributed by atoms with Gasteiger partial charge in [-0.05, 0) is 55.0 Å². The van der Waals surface area contributed by atoms with E-state index >= 15 is 0 Å². The highest BCUT2D eigenvalue weighted by Crippen LogP contribution is 2.27. The molecule has 0 saturated carbocycles. The molecule has 0 fully saturated rings. The lowest BCUT2D eigenvalue weighted by Crippen LogP contribution is -2.27. The summed E-state index contributed by atoms with van der Waals surface area (Å²) in [6, 6.07) is 13.7. The number of thiocarbonyl (C=S) groups is 1. The van der Waals surface area contributed by atoms with Crippen LogP contribution in [0.3, 0.4) is 0 Å². The summed E-state index contributed by atoms with van der Waals surface area (Å²) in [5, 5.41) is 7.36. The maximum Gasteiger partial charge on any atom is 0.171 e. The van der Waals surface area contributed by atoms with Crippen molar-refractivity contribution in [3.05, 3.63) is 71.3 Å². The fraction of sp³-hybridized carbons (Fsp3) is 0.158. The molecule has 0 amide bonds. The van der Waals surface area contributed by atoms with E-state index in [-0.39, 0.29) is 0 Å². The van der Waals surface area contributed by atoms with Gasteiger partial charge >= 0.3 is 0 Å². The summed E-state index contributed by atoms with van der Waals surface area (Å²) in [5.74, 6) is 1.59. The molecule has 0 bridgehead atoms. The Labute approximate surface area is 163 Å². The van der Waals surface area contributed by atoms with Crippen LogP contribution in [0.4, 0.5) is 5.69 Å². The highest BCUT2D eigenvalue weighted by Gasteiger charge is 2.04. The molecule has 3 aromatic rings. The first-order chi connectivity index (χ1) is 12.6. The van der Waals surface area contributed by atoms with Crippen molar-refractivity contribution >= 4 is 34.6 Å². The van der Waals surface area contributed by atoms with Gasteiger partial charge in [-0.2, -0.15) is 0 Å². The van der Waals surface area contributed by atoms with Crippen LogP contribution < -0.4 is 15.4 Å². The summed E-state index contributed by atoms with van der Waals surface area (Å²) in [7, 11) is 1.58. The van der Waals surface area contributed by atoms with Gasteiger partial charge in [-0.1, -0.05) is 23.7 Å². The highest BCUT2D eigenvalue weighted by atomic mass is 35.5. The molecular formula is C19H19ClN4OS. The number of benzene rings is 2. The molecular weight excluding hydrogens is 368 g/mol. The Balaban J connectivity index is 1.56. The van der Waals surface area contributed by atoms with Gasteiger partial charge in [0, 0.05) is 30.3 Å². The van der Waals surface area contributed by atoms with Gasteiger partial charge in [-0.3, -0.25) is 0 Å². The van der Waals surface area contributed by atoms with E-state index < -0.39 is 0 Å². The number of ether oxygens (including phenoxy) is 1. The third kappa shape index (κ3) is 4.33. The molecule has 0 unspecified atom stereocenters. The molecule has 7 heteroatoms. The molecule has 0 aliphatic rings. The molecule has 1 heterocycles. The molecule has 3 rings (SSSR count). The van der Waals surface area contributed by atoms with E-state index in [1.54, 1.807) is 25.4 Å². The van der Waals surface area contributed by atoms with Crippen molar-refractivity contribution in [2.24, 2.45) is 0 Å². The fourth-order valence-electron chi connectivity index (χ4n) is 2.53. The van der Waals surface area contributed by atoms with Crippen molar-refractivity contribution in [3.8, 4) is 11.4 Å². The SMILES string of the molecule is COc1ccc(NC(=S)NCc2ccc(-n3ccnc3C)cc2)cc1Cl. The number of hydrogen-bond acceptors (Lipinski definition) is 3. The van der Waals surface area contributed by atoms with E-state index in [4.69, 9.17) is 28.6 Å². The predicted octanol–water partition coefficient (Wildman–Crippen LogP) is 4.33. The third-order valence-corrected chi connectivity index (χ3v) is 4.44. The first kappa shape index (κ1) is 18.2. The summed E-state index contributed by atoms with van der Waals surface area (Å²) >= 11 is 11.5. The highest BCUT2D eigenvalue weighted by molar-refractivity contribution is 7.80. The van der Waals surface area contributed by atoms with Gasteiger partial charge in [-0.25, -0.2) is 4.98 Å². The maximum absolute atomic E-state index is 6.12. The molecule has 134 valence electrons. The van der Waals surface area contributed by atoms with Crippen LogP contribution in [0.15, 0.2) is 54.9 Å². The van der Waals surface area contributed by atoms with Crippen LogP contribution in [0.5, 0.6) is 5.75 Å². The smallest absolute Gasteiger partial charge is 0.171 e. The van der Waals surface area contributed by atoms with Gasteiger partial charge in [0.25, 0.3) is 0 Å². The minimum atomic E-state index is 0.528. The Morgan fingerprint density at radius 3 is 2.62 bits per heavy atom. The van der Waals surface area contributed by atoms with Gasteiger partial charge in [0.1, 0.15) is 11.6 Å². The standard InChI is InChI=1S/C19H19ClN4OS/c1-13-21-9-10-24(13)16-6-3-14(4-7-16)12-22-19(26)23-15-5-8-18(25-2)17(20)11-15/h3-11H,12H2,1-2H3,(H2,22,23,26). The number of aryl methyl sites for hydroxylation is 1. The quantitative estimate of drug-likeness (QED) is 0.639. The molecule has 2 N–H and O–H groups in total. The average molecular weight is 387 g/mol. The van der Waals surface area contributed by atoms with Gasteiger partial charge in [-0.15, -0.1) is 0 Å². The van der Waals surface area contributed by atoms with Crippen molar-refractivity contribution in [2.75, 3.05) is 12.4 Å². The molecule has 0 aliphatic carbocycles. The Morgan fingerprint density at radius 1 is 1.23 bits per heavy atom. The predicted molar refractivity (Wildman–Crippen MR) is 109 cm³/mol. The molecule has 5 nitrogen and oxygen atoms in total. The van der Waals surface area contributed by atoms with Crippen molar-refractivity contribution in [1.82, 2.24) is 14.9 Å². The number of nitrogens with one attached hydrogen (secondary N) is 2. The van der Waals surface area contributed by atoms with Crippen molar-refractivity contribution in [3.63, 3.8) is 0 Å². The Morgan fingerprint density at radius 2 is 2.00 bits per heavy atom. The minimum Gasteiger partial charge on any atom is -0.495 e. The van der Waals surface area contributed by atoms with Crippen molar-refractivity contribution < 1.29 is 4.74 Å². The molecule has 0 spiro atoms. The van der Waals surface area contributed by atoms with E-state index in [0.29, 0.717) is 22.4 Å². The van der Waals surface area contributed by atoms with Crippen LogP contribution in [-0.2, 0) is 6.54 Å². The van der Waals surface area contributed by atoms with Crippen LogP contribution in [0.1, 0.15) is 11.4 Å². The Kier molecular flexibility index (Phi) is 5.75. The molecule has 1 aromatic heterocycles. The van der Waals surface area contributed by atoms with Crippen molar-refractivity contribution in [2.45, 2.75) is 13.5 Å². The second kappa shape index (κ2) is 8.21. The first-order valence-corrected chi connectivity index (χ1v) is 8.83. The van der Waals surface area contributed by atoms with Gasteiger partial charge in [0.05, 0.1) is 12.1 Å². The number of aromatic nitrogens is 2. The van der Waals surface area contributed by atoms with Gasteiger partial charge in [0.2, 0.25) is 0 Å². The van der Waals surface area contributed by atoms with E-state index in [1.165, 1.54) is 0 Å². The van der Waals surface area contributed by atoms with Crippen LogP contribution in [0.25, 0.3) is 5.69 Å². The normalized spacial score (nSPS) is 10.4. The number of imidazole rings is 1. The topological polar surface area (TPSA) is 51.1 Å². The zero-order valence-corrected chi connectivity index (χ0v) is 16.1. The summed E-state index contributed by atoms with van der Waals surface area (Å²) in [4.78, 5) is 4.24. The zero-order valence-electron chi connectivity index (χ0n) is 14.5. The summed E-state index contributed by atoms with van der Waals surface area (Å²) < 4.78 is 7.18. The number of hydrogen-bond donors (Lipinski definition) is 2. The average Bonchev–Trinajstić information content (AvgIpc) is 3.06. The van der Waals surface area contributed by atoms with E-state index in [1.807, 2.05) is 23.8 Å². The number of methoxy groups -OCH3 is 1. The number of anilines is 1. The summed E-state index contributed by atoms with van der Waals surface area (Å²) in [6.07, 6.45) is 3.74. The summed E-state index contributed by atoms with van der Waals surface area (Å²) in [5.41, 5.74) is 3.01. The van der Waals surface area contributed by atoms with Crippen LogP contribution in [0, 0.1) is 6.92 Å². The number of nitrogens with zero attached hydrogens (tertiary/aromatic N) is 2. The fourth-order valence-corrected chi connectivity index (χ4v) is 2.97. The van der Waals surface area contributed by atoms with E-state index in [0.717, 1.165) is 22.8 Å². The van der Waals surface area contributed by atoms with Gasteiger partial charge < -0.3 is 19.9 Å². The molecule has 0 radical (unpaired) electrons. The number of rotatable bonds is 5. The lowest BCUT2D eigenvalue weighted by Gasteiger charge is -2.12. The van der Waals surface area contributed by atoms with E-state index in [2.05, 4.69) is 39.9 Å². The monoisotopic (exact) mass is 386 g/mol. The molecule has 2 aromatic carbocycles. The third-order valence-electron chi connectivity index (χ3n) is 3.90. The van der Waals surface area contributed by atoms with Crippen LogP contribution in [0.2, 0.25) is 5.02 Å². The Bertz CT molecular complexity index is 908. The molecule has 0 saturated heterocycles. The molecule has 0 atom stereocenters. The van der Waals surface area contributed by atoms with E-state index in [9.17, 15) is 0 Å². The maximum atomic E-state index is 6.12. The minimum absolute atomic E-state index is 0.528. The summed E-state index contributed by atoms with van der Waals surface area (Å²) in [6.45, 7) is 2.60. The second-order valence-electron chi connectivity index (χ2n) is 5.67. The van der Waals surface area contributed by atoms with Crippen molar-refractivity contribution in [1.29, 1.82) is 0 Å². The lowest BCUT2D eigenvalue weighted by atomic mass is 10.2. The second-order valence-corrected chi connectivity index (χ2v) is 6.48. The van der Waals surface area contributed by atoms with Crippen LogP contribution in [-0.4, -0.2) is 21.8 Å². The lowest BCUT2D eigenvalue weighted by molar-refractivity contribution is 0.415. The zero-order chi connectivity index (χ0) is 18.5.